The SMILES string of the molecule is CCN(C)C(=N)c1cc(C)c(C(=O)CSc2ccc(Cl)c(Cl)c2)cc1Cl. The lowest BCUT2D eigenvalue weighted by Gasteiger charge is -2.19. The second kappa shape index (κ2) is 9.14. The first kappa shape index (κ1) is 21.1. The standard InChI is InChI=1S/C19H19Cl3N2OS/c1-4-24(3)19(23)14-7-11(2)13(9-16(14)21)18(25)10-26-12-5-6-15(20)17(22)8-12/h5-9,23H,4,10H2,1-3H3. The molecule has 0 saturated carbocycles. The Bertz CT molecular complexity index is 855. The van der Waals surface area contributed by atoms with Crippen LogP contribution in [0.1, 0.15) is 28.4 Å². The van der Waals surface area contributed by atoms with Gasteiger partial charge in [0.15, 0.2) is 5.78 Å². The number of ketones is 1. The zero-order valence-electron chi connectivity index (χ0n) is 14.7. The monoisotopic (exact) mass is 428 g/mol. The van der Waals surface area contributed by atoms with Gasteiger partial charge >= 0.3 is 0 Å². The normalized spacial score (nSPS) is 10.7. The van der Waals surface area contributed by atoms with Crippen LogP contribution in [0.5, 0.6) is 0 Å². The number of benzene rings is 2. The van der Waals surface area contributed by atoms with Crippen LogP contribution in [0.15, 0.2) is 35.2 Å². The molecule has 7 heteroatoms. The lowest BCUT2D eigenvalue weighted by molar-refractivity contribution is 0.102. The van der Waals surface area contributed by atoms with Crippen LogP contribution >= 0.6 is 46.6 Å². The molecule has 0 bridgehead atoms. The van der Waals surface area contributed by atoms with Gasteiger partial charge in [0.25, 0.3) is 0 Å². The third kappa shape index (κ3) is 4.95. The highest BCUT2D eigenvalue weighted by molar-refractivity contribution is 8.00. The largest absolute Gasteiger partial charge is 0.360 e. The molecule has 0 saturated heterocycles. The fraction of sp³-hybridized carbons (Fsp3) is 0.263. The van der Waals surface area contributed by atoms with E-state index in [4.69, 9.17) is 40.2 Å². The summed E-state index contributed by atoms with van der Waals surface area (Å²) in [4.78, 5) is 15.3. The molecule has 1 N–H and O–H groups in total. The van der Waals surface area contributed by atoms with Crippen LogP contribution in [0.4, 0.5) is 0 Å². The summed E-state index contributed by atoms with van der Waals surface area (Å²) in [5.41, 5.74) is 2.00. The van der Waals surface area contributed by atoms with E-state index in [1.165, 1.54) is 11.8 Å². The molecule has 0 unspecified atom stereocenters. The fourth-order valence-electron chi connectivity index (χ4n) is 2.32. The number of aryl methyl sites for hydroxylation is 1. The van der Waals surface area contributed by atoms with Crippen molar-refractivity contribution < 1.29 is 4.79 Å². The number of thioether (sulfide) groups is 1. The summed E-state index contributed by atoms with van der Waals surface area (Å²) < 4.78 is 0. The molecule has 2 aromatic rings. The van der Waals surface area contributed by atoms with Crippen LogP contribution in [-0.4, -0.2) is 35.9 Å². The molecule has 0 aliphatic heterocycles. The first-order valence-electron chi connectivity index (χ1n) is 7.95. The Kier molecular flexibility index (Phi) is 7.42. The van der Waals surface area contributed by atoms with Gasteiger partial charge in [-0.1, -0.05) is 34.8 Å². The summed E-state index contributed by atoms with van der Waals surface area (Å²) in [6.07, 6.45) is 0. The number of nitrogens with one attached hydrogen (secondary N) is 1. The minimum absolute atomic E-state index is 0.0256. The van der Waals surface area contributed by atoms with Crippen LogP contribution in [-0.2, 0) is 0 Å². The molecule has 0 aliphatic rings. The Hall–Kier alpha value is -1.20. The summed E-state index contributed by atoms with van der Waals surface area (Å²) in [6, 6.07) is 8.74. The predicted octanol–water partition coefficient (Wildman–Crippen LogP) is 6.21. The Morgan fingerprint density at radius 2 is 1.77 bits per heavy atom. The van der Waals surface area contributed by atoms with Gasteiger partial charge < -0.3 is 4.90 Å². The van der Waals surface area contributed by atoms with E-state index in [9.17, 15) is 4.79 Å². The first-order chi connectivity index (χ1) is 12.2. The molecular formula is C19H19Cl3N2OS. The average molecular weight is 430 g/mol. The zero-order chi connectivity index (χ0) is 19.4. The number of carbonyl (C=O) groups is 1. The van der Waals surface area contributed by atoms with Crippen molar-refractivity contribution in [3.63, 3.8) is 0 Å². The quantitative estimate of drug-likeness (QED) is 0.257. The highest BCUT2D eigenvalue weighted by Crippen LogP contribution is 2.29. The third-order valence-electron chi connectivity index (χ3n) is 3.99. The van der Waals surface area contributed by atoms with E-state index < -0.39 is 0 Å². The van der Waals surface area contributed by atoms with Gasteiger partial charge in [-0.3, -0.25) is 10.2 Å². The molecule has 0 fully saturated rings. The third-order valence-corrected chi connectivity index (χ3v) is 6.03. The van der Waals surface area contributed by atoms with Gasteiger partial charge in [-0.2, -0.15) is 0 Å². The highest BCUT2D eigenvalue weighted by atomic mass is 35.5. The van der Waals surface area contributed by atoms with Gasteiger partial charge in [-0.05, 0) is 49.7 Å². The van der Waals surface area contributed by atoms with Gasteiger partial charge in [-0.15, -0.1) is 11.8 Å². The lowest BCUT2D eigenvalue weighted by atomic mass is 10.0. The number of Topliss-reactive ketones (excluding diaryl/α,β-unsaturated/α-hetero) is 1. The molecule has 0 radical (unpaired) electrons. The van der Waals surface area contributed by atoms with Crippen molar-refractivity contribution in [2.45, 2.75) is 18.7 Å². The summed E-state index contributed by atoms with van der Waals surface area (Å²) in [5.74, 6) is 0.577. The van der Waals surface area contributed by atoms with Crippen molar-refractivity contribution in [2.75, 3.05) is 19.3 Å². The summed E-state index contributed by atoms with van der Waals surface area (Å²) in [5, 5.41) is 9.57. The van der Waals surface area contributed by atoms with E-state index in [1.807, 2.05) is 27.0 Å². The van der Waals surface area contributed by atoms with Crippen LogP contribution in [0.3, 0.4) is 0 Å². The smallest absolute Gasteiger partial charge is 0.173 e. The molecule has 0 amide bonds. The predicted molar refractivity (Wildman–Crippen MR) is 113 cm³/mol. The van der Waals surface area contributed by atoms with E-state index in [1.54, 1.807) is 29.2 Å². The zero-order valence-corrected chi connectivity index (χ0v) is 17.8. The lowest BCUT2D eigenvalue weighted by Crippen LogP contribution is -2.26. The maximum absolute atomic E-state index is 12.6. The molecule has 0 aliphatic carbocycles. The number of rotatable bonds is 6. The molecule has 26 heavy (non-hydrogen) atoms. The van der Waals surface area contributed by atoms with Crippen LogP contribution in [0, 0.1) is 12.3 Å². The van der Waals surface area contributed by atoms with Crippen molar-refractivity contribution in [3.8, 4) is 0 Å². The molecule has 0 spiro atoms. The van der Waals surface area contributed by atoms with E-state index >= 15 is 0 Å². The Morgan fingerprint density at radius 3 is 2.38 bits per heavy atom. The maximum atomic E-state index is 12.6. The number of amidine groups is 1. The molecule has 3 nitrogen and oxygen atoms in total. The molecule has 2 rings (SSSR count). The van der Waals surface area contributed by atoms with Gasteiger partial charge in [0.1, 0.15) is 5.84 Å². The van der Waals surface area contributed by atoms with Gasteiger partial charge in [0.05, 0.1) is 20.8 Å². The molecule has 0 atom stereocenters. The average Bonchev–Trinajstić information content (AvgIpc) is 2.62. The fourth-order valence-corrected chi connectivity index (χ4v) is 3.76. The van der Waals surface area contributed by atoms with Gasteiger partial charge in [0, 0.05) is 29.6 Å². The number of nitrogens with zero attached hydrogens (tertiary/aromatic N) is 1. The summed E-state index contributed by atoms with van der Waals surface area (Å²) in [7, 11) is 1.83. The van der Waals surface area contributed by atoms with Crippen molar-refractivity contribution >= 4 is 58.2 Å². The van der Waals surface area contributed by atoms with E-state index in [0.717, 1.165) is 10.5 Å². The van der Waals surface area contributed by atoms with Crippen molar-refractivity contribution in [1.82, 2.24) is 4.90 Å². The number of carbonyl (C=O) groups excluding carboxylic acids is 1. The molecule has 0 aromatic heterocycles. The minimum atomic E-state index is -0.0256. The summed E-state index contributed by atoms with van der Waals surface area (Å²) >= 11 is 19.6. The second-order valence-corrected chi connectivity index (χ2v) is 8.07. The van der Waals surface area contributed by atoms with E-state index in [2.05, 4.69) is 0 Å². The number of halogens is 3. The summed E-state index contributed by atoms with van der Waals surface area (Å²) in [6.45, 7) is 4.53. The maximum Gasteiger partial charge on any atom is 0.173 e. The van der Waals surface area contributed by atoms with E-state index in [0.29, 0.717) is 38.6 Å². The Balaban J connectivity index is 2.17. The highest BCUT2D eigenvalue weighted by Gasteiger charge is 2.17. The van der Waals surface area contributed by atoms with Gasteiger partial charge in [-0.25, -0.2) is 0 Å². The Labute approximate surface area is 173 Å². The van der Waals surface area contributed by atoms with Crippen LogP contribution < -0.4 is 0 Å². The number of hydrogen-bond acceptors (Lipinski definition) is 3. The molecule has 138 valence electrons. The Morgan fingerprint density at radius 1 is 1.08 bits per heavy atom. The van der Waals surface area contributed by atoms with Crippen molar-refractivity contribution in [1.29, 1.82) is 5.41 Å². The number of hydrogen-bond donors (Lipinski definition) is 1. The minimum Gasteiger partial charge on any atom is -0.360 e. The second-order valence-electron chi connectivity index (χ2n) is 5.80. The van der Waals surface area contributed by atoms with Crippen molar-refractivity contribution in [2.24, 2.45) is 0 Å². The molecule has 0 heterocycles. The topological polar surface area (TPSA) is 44.2 Å². The van der Waals surface area contributed by atoms with Gasteiger partial charge in [0.2, 0.25) is 0 Å². The van der Waals surface area contributed by atoms with E-state index in [-0.39, 0.29) is 11.5 Å². The van der Waals surface area contributed by atoms with Crippen molar-refractivity contribution in [3.05, 3.63) is 62.1 Å². The molecule has 2 aromatic carbocycles. The molecular weight excluding hydrogens is 411 g/mol. The van der Waals surface area contributed by atoms with Crippen LogP contribution in [0.25, 0.3) is 0 Å². The van der Waals surface area contributed by atoms with Crippen LogP contribution in [0.2, 0.25) is 15.1 Å². The first-order valence-corrected chi connectivity index (χ1v) is 10.1.